The lowest BCUT2D eigenvalue weighted by Gasteiger charge is -2.06. The lowest BCUT2D eigenvalue weighted by Crippen LogP contribution is -1.98. The van der Waals surface area contributed by atoms with E-state index in [-0.39, 0.29) is 5.78 Å². The number of benzene rings is 2. The number of halogens is 3. The van der Waals surface area contributed by atoms with Crippen LogP contribution in [0.15, 0.2) is 36.4 Å². The van der Waals surface area contributed by atoms with Crippen molar-refractivity contribution in [3.63, 3.8) is 0 Å². The third-order valence-corrected chi connectivity index (χ3v) is 2.72. The topological polar surface area (TPSA) is 51.2 Å². The van der Waals surface area contributed by atoms with Crippen molar-refractivity contribution in [2.45, 2.75) is 6.92 Å². The van der Waals surface area contributed by atoms with E-state index in [0.29, 0.717) is 11.1 Å². The van der Waals surface area contributed by atoms with Gasteiger partial charge in [0.15, 0.2) is 5.78 Å². The van der Waals surface area contributed by atoms with E-state index in [2.05, 4.69) is 21.4 Å². The van der Waals surface area contributed by atoms with Crippen LogP contribution in [0.5, 0.6) is 0 Å². The van der Waals surface area contributed by atoms with Gasteiger partial charge in [0, 0.05) is 32.5 Å². The number of hydrogen-bond donors (Lipinski definition) is 0. The van der Waals surface area contributed by atoms with E-state index >= 15 is 0 Å². The molecule has 0 unspecified atom stereocenters. The van der Waals surface area contributed by atoms with Gasteiger partial charge in [0.1, 0.15) is 0 Å². The van der Waals surface area contributed by atoms with Crippen LogP contribution in [0.1, 0.15) is 27.6 Å². The first kappa shape index (κ1) is 17.1. The lowest BCUT2D eigenvalue weighted by atomic mass is 9.98. The number of carbonyl (C=O) groups is 2. The number of ketones is 1. The van der Waals surface area contributed by atoms with Crippen molar-refractivity contribution in [3.05, 3.63) is 47.5 Å². The maximum Gasteiger partial charge on any atom is 0.253 e. The quantitative estimate of drug-likeness (QED) is 0.593. The normalized spacial score (nSPS) is 10.1. The Hall–Kier alpha value is -0.940. The summed E-state index contributed by atoms with van der Waals surface area (Å²) < 4.78 is 9.09. The first-order chi connectivity index (χ1) is 9.34. The SMILES string of the molecule is CC(=O)c1ccc(C(=O)Cl)c2ccccc12.O=S(Cl)Cl. The largest absolute Gasteiger partial charge is 0.294 e. The van der Waals surface area contributed by atoms with E-state index in [0.717, 1.165) is 10.8 Å². The van der Waals surface area contributed by atoms with Gasteiger partial charge in [0.2, 0.25) is 9.23 Å². The van der Waals surface area contributed by atoms with Gasteiger partial charge in [-0.25, -0.2) is 4.21 Å². The molecule has 7 heteroatoms. The summed E-state index contributed by atoms with van der Waals surface area (Å²) in [6.45, 7) is 1.50. The third kappa shape index (κ3) is 4.56. The Labute approximate surface area is 132 Å². The smallest absolute Gasteiger partial charge is 0.253 e. The predicted octanol–water partition coefficient (Wildman–Crippen LogP) is 4.46. The predicted molar refractivity (Wildman–Crippen MR) is 84.0 cm³/mol. The Morgan fingerprint density at radius 1 is 0.950 bits per heavy atom. The lowest BCUT2D eigenvalue weighted by molar-refractivity contribution is 0.101. The van der Waals surface area contributed by atoms with E-state index in [1.165, 1.54) is 6.92 Å². The van der Waals surface area contributed by atoms with Gasteiger partial charge in [0.25, 0.3) is 5.24 Å². The Morgan fingerprint density at radius 2 is 1.35 bits per heavy atom. The molecule has 0 aliphatic carbocycles. The van der Waals surface area contributed by atoms with Crippen LogP contribution in [0.2, 0.25) is 0 Å². The van der Waals surface area contributed by atoms with E-state index in [1.807, 2.05) is 18.2 Å². The summed E-state index contributed by atoms with van der Waals surface area (Å²) in [7, 11) is 7.36. The minimum Gasteiger partial charge on any atom is -0.294 e. The highest BCUT2D eigenvalue weighted by Gasteiger charge is 2.11. The van der Waals surface area contributed by atoms with Gasteiger partial charge < -0.3 is 0 Å². The maximum atomic E-state index is 11.4. The molecule has 0 aliphatic rings. The third-order valence-electron chi connectivity index (χ3n) is 2.52. The highest BCUT2D eigenvalue weighted by Crippen LogP contribution is 2.24. The monoisotopic (exact) mass is 350 g/mol. The summed E-state index contributed by atoms with van der Waals surface area (Å²) in [4.78, 5) is 22.6. The van der Waals surface area contributed by atoms with Gasteiger partial charge in [-0.15, -0.1) is 0 Å². The highest BCUT2D eigenvalue weighted by atomic mass is 36.0. The molecule has 0 saturated heterocycles. The molecule has 106 valence electrons. The number of Topliss-reactive ketones (excluding diaryl/α,β-unsaturated/α-hetero) is 1. The fraction of sp³-hybridized carbons (Fsp3) is 0.0769. The minimum atomic E-state index is -1.67. The summed E-state index contributed by atoms with van der Waals surface area (Å²) in [5.74, 6) is -0.0234. The molecule has 0 saturated carbocycles. The summed E-state index contributed by atoms with van der Waals surface area (Å²) >= 11 is 5.49. The second-order valence-corrected chi connectivity index (χ2v) is 6.59. The van der Waals surface area contributed by atoms with Crippen LogP contribution in [0.3, 0.4) is 0 Å². The van der Waals surface area contributed by atoms with Crippen LogP contribution >= 0.6 is 33.0 Å². The van der Waals surface area contributed by atoms with Crippen LogP contribution in [0.4, 0.5) is 0 Å². The van der Waals surface area contributed by atoms with Crippen molar-refractivity contribution in [2.75, 3.05) is 0 Å². The maximum absolute atomic E-state index is 11.4. The summed E-state index contributed by atoms with van der Waals surface area (Å²) in [5, 5.41) is 0.975. The van der Waals surface area contributed by atoms with Crippen molar-refractivity contribution in [1.29, 1.82) is 0 Å². The first-order valence-electron chi connectivity index (χ1n) is 5.31. The van der Waals surface area contributed by atoms with Crippen LogP contribution in [-0.4, -0.2) is 15.2 Å². The Kier molecular flexibility index (Phi) is 6.62. The fourth-order valence-electron chi connectivity index (χ4n) is 1.78. The molecule has 2 rings (SSSR count). The molecule has 3 nitrogen and oxygen atoms in total. The van der Waals surface area contributed by atoms with E-state index in [1.54, 1.807) is 18.2 Å². The van der Waals surface area contributed by atoms with Gasteiger partial charge >= 0.3 is 0 Å². The zero-order chi connectivity index (χ0) is 15.3. The molecule has 0 fully saturated rings. The molecule has 0 bridgehead atoms. The van der Waals surface area contributed by atoms with Crippen LogP contribution in [-0.2, 0) is 9.23 Å². The molecule has 0 heterocycles. The minimum absolute atomic E-state index is 0.0234. The molecule has 0 atom stereocenters. The van der Waals surface area contributed by atoms with Gasteiger partial charge in [0.05, 0.1) is 0 Å². The van der Waals surface area contributed by atoms with Gasteiger partial charge in [-0.2, -0.15) is 0 Å². The van der Waals surface area contributed by atoms with Gasteiger partial charge in [-0.05, 0) is 35.4 Å². The molecule has 0 radical (unpaired) electrons. The van der Waals surface area contributed by atoms with Crippen molar-refractivity contribution < 1.29 is 13.8 Å². The summed E-state index contributed by atoms with van der Waals surface area (Å²) in [6, 6.07) is 10.5. The van der Waals surface area contributed by atoms with Crippen molar-refractivity contribution in [1.82, 2.24) is 0 Å². The molecule has 0 aromatic heterocycles. The summed E-state index contributed by atoms with van der Waals surface area (Å²) in [5.41, 5.74) is 1.04. The molecule has 20 heavy (non-hydrogen) atoms. The first-order valence-corrected chi connectivity index (χ1v) is 8.49. The van der Waals surface area contributed by atoms with Crippen molar-refractivity contribution in [2.24, 2.45) is 0 Å². The van der Waals surface area contributed by atoms with Gasteiger partial charge in [-0.1, -0.05) is 30.3 Å². The average Bonchev–Trinajstić information content (AvgIpc) is 2.36. The molecule has 0 N–H and O–H groups in total. The second kappa shape index (κ2) is 7.74. The van der Waals surface area contributed by atoms with Crippen LogP contribution < -0.4 is 0 Å². The number of carbonyl (C=O) groups excluding carboxylic acids is 2. The molecule has 2 aromatic rings. The van der Waals surface area contributed by atoms with Crippen molar-refractivity contribution >= 4 is 64.0 Å². The fourth-order valence-corrected chi connectivity index (χ4v) is 1.94. The van der Waals surface area contributed by atoms with E-state index in [9.17, 15) is 9.59 Å². The zero-order valence-electron chi connectivity index (χ0n) is 10.2. The summed E-state index contributed by atoms with van der Waals surface area (Å²) in [6.07, 6.45) is 0. The number of fused-ring (bicyclic) bond motifs is 1. The van der Waals surface area contributed by atoms with Crippen LogP contribution in [0.25, 0.3) is 10.8 Å². The average molecular weight is 352 g/mol. The molecular formula is C13H9Cl3O3S. The Bertz CT molecular complexity index is 629. The molecule has 0 amide bonds. The van der Waals surface area contributed by atoms with E-state index in [4.69, 9.17) is 15.8 Å². The molecule has 0 aliphatic heterocycles. The van der Waals surface area contributed by atoms with Crippen LogP contribution in [0, 0.1) is 0 Å². The molecule has 0 spiro atoms. The van der Waals surface area contributed by atoms with Crippen molar-refractivity contribution in [3.8, 4) is 0 Å². The number of hydrogen-bond acceptors (Lipinski definition) is 3. The molecule has 2 aromatic carbocycles. The Balaban J connectivity index is 0.000000444. The van der Waals surface area contributed by atoms with Gasteiger partial charge in [-0.3, -0.25) is 9.59 Å². The Morgan fingerprint density at radius 3 is 1.75 bits per heavy atom. The number of rotatable bonds is 2. The second-order valence-electron chi connectivity index (χ2n) is 3.72. The van der Waals surface area contributed by atoms with E-state index < -0.39 is 14.5 Å². The highest BCUT2D eigenvalue weighted by molar-refractivity contribution is 8.26. The zero-order valence-corrected chi connectivity index (χ0v) is 13.3. The molecular weight excluding hydrogens is 343 g/mol. The standard InChI is InChI=1S/C13H9ClO2.Cl2OS/c1-8(15)9-6-7-12(13(14)16)11-5-3-2-4-10(9)11;1-4(2)3/h2-7H,1H3;.